The maximum Gasteiger partial charge on any atom is 0.194 e. The molecule has 5 heteroatoms. The first kappa shape index (κ1) is 10.8. The monoisotopic (exact) mass is 191 g/mol. The molecule has 0 saturated heterocycles. The lowest BCUT2D eigenvalue weighted by atomic mass is 10.3. The minimum Gasteiger partial charge on any atom is -0.248 e. The minimum atomic E-state index is -1.42. The Bertz CT molecular complexity index is 274. The molecule has 1 aromatic carbocycles. The van der Waals surface area contributed by atoms with E-state index >= 15 is 0 Å². The second-order valence-electron chi connectivity index (χ2n) is 1.64. The topological polar surface area (TPSA) is 23.9 Å². The zero-order valence-electron chi connectivity index (χ0n) is 5.77. The Labute approximate surface area is 72.3 Å². The van der Waals surface area contributed by atoms with Gasteiger partial charge < -0.3 is 0 Å². The molecule has 0 heterocycles. The summed E-state index contributed by atoms with van der Waals surface area (Å²) < 4.78 is 35.9. The number of isothiocyanates is 1. The van der Waals surface area contributed by atoms with E-state index in [1.165, 1.54) is 0 Å². The van der Waals surface area contributed by atoms with E-state index in [4.69, 9.17) is 5.41 Å². The SMILES string of the molecule is Fc1cccc(F)c1F.N=C=S. The molecule has 0 aliphatic heterocycles. The number of nitrogens with one attached hydrogen (secondary N) is 1. The molecule has 0 saturated carbocycles. The van der Waals surface area contributed by atoms with Crippen LogP contribution in [0.25, 0.3) is 0 Å². The fraction of sp³-hybridized carbons (Fsp3) is 0. The number of hydrogen-bond acceptors (Lipinski definition) is 2. The highest BCUT2D eigenvalue weighted by molar-refractivity contribution is 7.78. The van der Waals surface area contributed by atoms with Gasteiger partial charge >= 0.3 is 0 Å². The highest BCUT2D eigenvalue weighted by Gasteiger charge is 2.04. The van der Waals surface area contributed by atoms with Gasteiger partial charge in [0, 0.05) is 0 Å². The van der Waals surface area contributed by atoms with Crippen molar-refractivity contribution >= 4 is 17.4 Å². The Morgan fingerprint density at radius 3 is 1.75 bits per heavy atom. The van der Waals surface area contributed by atoms with Gasteiger partial charge in [0.15, 0.2) is 17.5 Å². The molecule has 0 aliphatic rings. The van der Waals surface area contributed by atoms with E-state index in [9.17, 15) is 13.2 Å². The first-order valence-electron chi connectivity index (χ1n) is 2.77. The van der Waals surface area contributed by atoms with Crippen molar-refractivity contribution in [3.63, 3.8) is 0 Å². The molecule has 64 valence electrons. The van der Waals surface area contributed by atoms with Crippen LogP contribution in [0.2, 0.25) is 0 Å². The molecule has 0 fully saturated rings. The number of rotatable bonds is 0. The first-order valence-corrected chi connectivity index (χ1v) is 3.17. The van der Waals surface area contributed by atoms with Gasteiger partial charge in [-0.05, 0) is 24.4 Å². The Balaban J connectivity index is 0.000000354. The summed E-state index contributed by atoms with van der Waals surface area (Å²) in [6.45, 7) is 0. The molecule has 0 unspecified atom stereocenters. The van der Waals surface area contributed by atoms with Crippen LogP contribution in [0, 0.1) is 22.9 Å². The maximum atomic E-state index is 12.0. The maximum absolute atomic E-state index is 12.0. The third-order valence-corrected chi connectivity index (χ3v) is 0.904. The Hall–Kier alpha value is -1.19. The summed E-state index contributed by atoms with van der Waals surface area (Å²) in [7, 11) is 0. The standard InChI is InChI=1S/C6H3F3.CHNS/c7-4-2-1-3-5(8)6(4)9;2-1-3/h1-3H;2H. The minimum absolute atomic E-state index is 0.860. The smallest absolute Gasteiger partial charge is 0.194 e. The molecule has 0 spiro atoms. The summed E-state index contributed by atoms with van der Waals surface area (Å²) in [5.41, 5.74) is 0. The molecule has 0 radical (unpaired) electrons. The molecular formula is C7H4F3NS. The fourth-order valence-electron chi connectivity index (χ4n) is 0.477. The van der Waals surface area contributed by atoms with Crippen molar-refractivity contribution < 1.29 is 13.2 Å². The predicted molar refractivity (Wildman–Crippen MR) is 41.6 cm³/mol. The zero-order valence-corrected chi connectivity index (χ0v) is 6.59. The van der Waals surface area contributed by atoms with Crippen molar-refractivity contribution in [3.8, 4) is 0 Å². The number of hydrogen-bond donors (Lipinski definition) is 1. The normalized spacial score (nSPS) is 7.92. The van der Waals surface area contributed by atoms with Gasteiger partial charge in [0.05, 0.1) is 5.16 Å². The van der Waals surface area contributed by atoms with Crippen LogP contribution in [0.1, 0.15) is 0 Å². The van der Waals surface area contributed by atoms with Crippen molar-refractivity contribution in [1.82, 2.24) is 0 Å². The van der Waals surface area contributed by atoms with Crippen molar-refractivity contribution in [2.45, 2.75) is 0 Å². The summed E-state index contributed by atoms with van der Waals surface area (Å²) in [4.78, 5) is 0. The molecule has 1 rings (SSSR count). The molecule has 12 heavy (non-hydrogen) atoms. The molecule has 1 aromatic rings. The fourth-order valence-corrected chi connectivity index (χ4v) is 0.477. The lowest BCUT2D eigenvalue weighted by Gasteiger charge is -1.90. The number of benzene rings is 1. The van der Waals surface area contributed by atoms with E-state index in [1.54, 1.807) is 5.16 Å². The lowest BCUT2D eigenvalue weighted by molar-refractivity contribution is 0.447. The molecule has 0 amide bonds. The van der Waals surface area contributed by atoms with E-state index < -0.39 is 17.5 Å². The highest BCUT2D eigenvalue weighted by Crippen LogP contribution is 2.07. The molecule has 0 bridgehead atoms. The van der Waals surface area contributed by atoms with Crippen LogP contribution in [0.4, 0.5) is 13.2 Å². The summed E-state index contributed by atoms with van der Waals surface area (Å²) in [5, 5.41) is 7.36. The number of halogens is 3. The van der Waals surface area contributed by atoms with Crippen molar-refractivity contribution in [1.29, 1.82) is 5.41 Å². The average Bonchev–Trinajstić information content (AvgIpc) is 2.02. The first-order chi connectivity index (χ1) is 5.63. The molecule has 1 nitrogen and oxygen atoms in total. The van der Waals surface area contributed by atoms with Crippen molar-refractivity contribution in [2.24, 2.45) is 0 Å². The van der Waals surface area contributed by atoms with Gasteiger partial charge in [-0.1, -0.05) is 6.07 Å². The van der Waals surface area contributed by atoms with Crippen LogP contribution in [-0.4, -0.2) is 5.16 Å². The van der Waals surface area contributed by atoms with Crippen LogP contribution in [0.3, 0.4) is 0 Å². The van der Waals surface area contributed by atoms with Crippen LogP contribution in [-0.2, 0) is 0 Å². The van der Waals surface area contributed by atoms with Gasteiger partial charge in [-0.25, -0.2) is 18.6 Å². The summed E-state index contributed by atoms with van der Waals surface area (Å²) in [5.74, 6) is -3.73. The Kier molecular flexibility index (Phi) is 4.92. The summed E-state index contributed by atoms with van der Waals surface area (Å²) in [6, 6.07) is 2.82. The molecule has 0 atom stereocenters. The van der Waals surface area contributed by atoms with E-state index in [-0.39, 0.29) is 0 Å². The van der Waals surface area contributed by atoms with Gasteiger partial charge in [-0.15, -0.1) is 0 Å². The van der Waals surface area contributed by atoms with Gasteiger partial charge in [0.25, 0.3) is 0 Å². The van der Waals surface area contributed by atoms with Crippen LogP contribution in [0.15, 0.2) is 18.2 Å². The van der Waals surface area contributed by atoms with Crippen molar-refractivity contribution in [2.75, 3.05) is 0 Å². The van der Waals surface area contributed by atoms with Gasteiger partial charge in [0.2, 0.25) is 0 Å². The number of thiocarbonyl (C=S) groups is 1. The third kappa shape index (κ3) is 3.27. The Morgan fingerprint density at radius 2 is 1.50 bits per heavy atom. The van der Waals surface area contributed by atoms with Crippen LogP contribution in [0.5, 0.6) is 0 Å². The van der Waals surface area contributed by atoms with Gasteiger partial charge in [-0.2, -0.15) is 0 Å². The largest absolute Gasteiger partial charge is 0.248 e. The van der Waals surface area contributed by atoms with Gasteiger partial charge in [0.1, 0.15) is 0 Å². The van der Waals surface area contributed by atoms with E-state index in [0.717, 1.165) is 18.2 Å². The van der Waals surface area contributed by atoms with Crippen LogP contribution < -0.4 is 0 Å². The van der Waals surface area contributed by atoms with Crippen molar-refractivity contribution in [3.05, 3.63) is 35.7 Å². The third-order valence-electron chi connectivity index (χ3n) is 0.904. The molecule has 0 aliphatic carbocycles. The zero-order chi connectivity index (χ0) is 9.56. The summed E-state index contributed by atoms with van der Waals surface area (Å²) >= 11 is 3.81. The predicted octanol–water partition coefficient (Wildman–Crippen LogP) is 2.77. The van der Waals surface area contributed by atoms with Crippen LogP contribution >= 0.6 is 12.2 Å². The van der Waals surface area contributed by atoms with E-state index in [0.29, 0.717) is 0 Å². The van der Waals surface area contributed by atoms with Gasteiger partial charge in [-0.3, -0.25) is 0 Å². The second kappa shape index (κ2) is 5.46. The average molecular weight is 191 g/mol. The quantitative estimate of drug-likeness (QED) is 0.380. The molecule has 0 aromatic heterocycles. The lowest BCUT2D eigenvalue weighted by Crippen LogP contribution is -1.86. The molecular weight excluding hydrogens is 187 g/mol. The second-order valence-corrected chi connectivity index (χ2v) is 1.84. The van der Waals surface area contributed by atoms with E-state index in [1.807, 2.05) is 0 Å². The molecule has 1 N–H and O–H groups in total. The summed E-state index contributed by atoms with van der Waals surface area (Å²) in [6.07, 6.45) is 0. The highest BCUT2D eigenvalue weighted by atomic mass is 32.1. The van der Waals surface area contributed by atoms with E-state index in [2.05, 4.69) is 12.2 Å². The Morgan fingerprint density at radius 1 is 1.17 bits per heavy atom.